The van der Waals surface area contributed by atoms with E-state index in [9.17, 15) is 4.79 Å². The van der Waals surface area contributed by atoms with E-state index >= 15 is 0 Å². The summed E-state index contributed by atoms with van der Waals surface area (Å²) in [4.78, 5) is 19.2. The normalized spacial score (nSPS) is 22.9. The first-order chi connectivity index (χ1) is 11.1. The lowest BCUT2D eigenvalue weighted by Gasteiger charge is -2.36. The van der Waals surface area contributed by atoms with Crippen molar-refractivity contribution >= 4 is 5.91 Å². The van der Waals surface area contributed by atoms with Gasteiger partial charge in [-0.05, 0) is 26.6 Å². The minimum Gasteiger partial charge on any atom is -0.379 e. The molecule has 0 saturated carbocycles. The zero-order chi connectivity index (χ0) is 16.2. The number of aromatic nitrogens is 2. The highest BCUT2D eigenvalue weighted by atomic mass is 16.5. The third-order valence-electron chi connectivity index (χ3n) is 4.60. The first-order valence-electron chi connectivity index (χ1n) is 8.38. The Hall–Kier alpha value is -1.44. The molecule has 7 nitrogen and oxygen atoms in total. The van der Waals surface area contributed by atoms with Gasteiger partial charge in [0.05, 0.1) is 32.0 Å². The molecule has 0 spiro atoms. The summed E-state index contributed by atoms with van der Waals surface area (Å²) in [5, 5.41) is 4.39. The number of carbonyl (C=O) groups is 1. The summed E-state index contributed by atoms with van der Waals surface area (Å²) in [6.45, 7) is 6.40. The first kappa shape index (κ1) is 16.4. The van der Waals surface area contributed by atoms with Crippen LogP contribution in [-0.2, 0) is 22.6 Å². The Morgan fingerprint density at radius 3 is 2.87 bits per heavy atom. The van der Waals surface area contributed by atoms with Gasteiger partial charge in [-0.15, -0.1) is 0 Å². The van der Waals surface area contributed by atoms with Gasteiger partial charge in [-0.3, -0.25) is 14.4 Å². The number of fused-ring (bicyclic) bond motifs is 1. The van der Waals surface area contributed by atoms with Crippen LogP contribution in [0.1, 0.15) is 12.1 Å². The number of morpholine rings is 1. The highest BCUT2D eigenvalue weighted by Crippen LogP contribution is 2.19. The molecule has 23 heavy (non-hydrogen) atoms. The van der Waals surface area contributed by atoms with E-state index in [2.05, 4.69) is 14.9 Å². The van der Waals surface area contributed by atoms with Gasteiger partial charge in [0.15, 0.2) is 0 Å². The minimum atomic E-state index is 0.197. The Labute approximate surface area is 137 Å². The summed E-state index contributed by atoms with van der Waals surface area (Å²) in [6, 6.07) is 2.26. The van der Waals surface area contributed by atoms with Gasteiger partial charge in [0, 0.05) is 38.4 Å². The van der Waals surface area contributed by atoms with Crippen molar-refractivity contribution in [3.63, 3.8) is 0 Å². The van der Waals surface area contributed by atoms with Crippen molar-refractivity contribution < 1.29 is 9.53 Å². The lowest BCUT2D eigenvalue weighted by atomic mass is 10.1. The standard InChI is InChI=1S/C16H27N5O2/c1-18(2)13-16(22)20-12-15-3-5-17-21(15)6-4-14(20)11-19-7-9-23-10-8-19/h3,5,14H,4,6-13H2,1-2H3. The summed E-state index contributed by atoms with van der Waals surface area (Å²) in [7, 11) is 3.88. The second-order valence-corrected chi connectivity index (χ2v) is 6.66. The Morgan fingerprint density at radius 1 is 1.35 bits per heavy atom. The maximum absolute atomic E-state index is 12.8. The van der Waals surface area contributed by atoms with Gasteiger partial charge < -0.3 is 14.5 Å². The average molecular weight is 321 g/mol. The molecular formula is C16H27N5O2. The molecule has 0 aromatic carbocycles. The lowest BCUT2D eigenvalue weighted by Crippen LogP contribution is -2.50. The van der Waals surface area contributed by atoms with Crippen LogP contribution in [0.3, 0.4) is 0 Å². The van der Waals surface area contributed by atoms with Crippen LogP contribution in [0.15, 0.2) is 12.3 Å². The summed E-state index contributed by atoms with van der Waals surface area (Å²) >= 11 is 0. The molecule has 7 heteroatoms. The van der Waals surface area contributed by atoms with Crippen molar-refractivity contribution in [2.24, 2.45) is 0 Å². The average Bonchev–Trinajstić information content (AvgIpc) is 2.90. The Balaban J connectivity index is 1.73. The van der Waals surface area contributed by atoms with E-state index < -0.39 is 0 Å². The van der Waals surface area contributed by atoms with Gasteiger partial charge >= 0.3 is 0 Å². The highest BCUT2D eigenvalue weighted by Gasteiger charge is 2.30. The van der Waals surface area contributed by atoms with E-state index in [1.807, 2.05) is 35.9 Å². The number of amides is 1. The summed E-state index contributed by atoms with van der Waals surface area (Å²) in [6.07, 6.45) is 2.78. The monoisotopic (exact) mass is 321 g/mol. The van der Waals surface area contributed by atoms with E-state index in [0.29, 0.717) is 13.1 Å². The molecule has 1 unspecified atom stereocenters. The third kappa shape index (κ3) is 4.10. The largest absolute Gasteiger partial charge is 0.379 e. The van der Waals surface area contributed by atoms with Crippen LogP contribution in [0.5, 0.6) is 0 Å². The number of hydrogen-bond acceptors (Lipinski definition) is 5. The Kier molecular flexibility index (Phi) is 5.30. The summed E-state index contributed by atoms with van der Waals surface area (Å²) in [5.41, 5.74) is 1.13. The third-order valence-corrected chi connectivity index (χ3v) is 4.60. The van der Waals surface area contributed by atoms with Crippen LogP contribution in [0.2, 0.25) is 0 Å². The maximum atomic E-state index is 12.8. The predicted molar refractivity (Wildman–Crippen MR) is 87.0 cm³/mol. The SMILES string of the molecule is CN(C)CC(=O)N1Cc2ccnn2CCC1CN1CCOCC1. The fourth-order valence-electron chi connectivity index (χ4n) is 3.35. The van der Waals surface area contributed by atoms with Crippen LogP contribution in [-0.4, -0.2) is 89.9 Å². The van der Waals surface area contributed by atoms with E-state index in [-0.39, 0.29) is 11.9 Å². The smallest absolute Gasteiger partial charge is 0.237 e. The molecule has 0 bridgehead atoms. The van der Waals surface area contributed by atoms with Crippen LogP contribution in [0.4, 0.5) is 0 Å². The molecular weight excluding hydrogens is 294 g/mol. The van der Waals surface area contributed by atoms with E-state index in [1.54, 1.807) is 0 Å². The zero-order valence-electron chi connectivity index (χ0n) is 14.1. The molecule has 2 aliphatic heterocycles. The molecule has 1 amide bonds. The number of ether oxygens (including phenoxy) is 1. The second-order valence-electron chi connectivity index (χ2n) is 6.66. The van der Waals surface area contributed by atoms with Crippen LogP contribution < -0.4 is 0 Å². The van der Waals surface area contributed by atoms with E-state index in [4.69, 9.17) is 4.74 Å². The van der Waals surface area contributed by atoms with Crippen molar-refractivity contribution in [2.75, 3.05) is 53.5 Å². The molecule has 3 rings (SSSR count). The van der Waals surface area contributed by atoms with Crippen molar-refractivity contribution in [1.82, 2.24) is 24.5 Å². The Morgan fingerprint density at radius 2 is 2.13 bits per heavy atom. The molecule has 1 aromatic rings. The zero-order valence-corrected chi connectivity index (χ0v) is 14.1. The number of likely N-dealkylation sites (N-methyl/N-ethyl adjacent to an activating group) is 1. The summed E-state index contributed by atoms with van der Waals surface area (Å²) < 4.78 is 7.47. The Bertz CT molecular complexity index is 524. The number of carbonyl (C=O) groups excluding carboxylic acids is 1. The highest BCUT2D eigenvalue weighted by molar-refractivity contribution is 5.78. The molecule has 0 N–H and O–H groups in total. The fourth-order valence-corrected chi connectivity index (χ4v) is 3.35. The number of hydrogen-bond donors (Lipinski definition) is 0. The van der Waals surface area contributed by atoms with Gasteiger partial charge in [-0.1, -0.05) is 0 Å². The molecule has 1 saturated heterocycles. The van der Waals surface area contributed by atoms with E-state index in [0.717, 1.165) is 51.5 Å². The molecule has 3 heterocycles. The quantitative estimate of drug-likeness (QED) is 0.774. The topological polar surface area (TPSA) is 53.8 Å². The first-order valence-corrected chi connectivity index (χ1v) is 8.38. The molecule has 2 aliphatic rings. The predicted octanol–water partition coefficient (Wildman–Crippen LogP) is -0.122. The van der Waals surface area contributed by atoms with E-state index in [1.165, 1.54) is 0 Å². The number of aryl methyl sites for hydroxylation is 1. The number of nitrogens with zero attached hydrogens (tertiary/aromatic N) is 5. The summed E-state index contributed by atoms with van der Waals surface area (Å²) in [5.74, 6) is 0.197. The van der Waals surface area contributed by atoms with Crippen molar-refractivity contribution in [3.05, 3.63) is 18.0 Å². The molecule has 128 valence electrons. The van der Waals surface area contributed by atoms with Crippen LogP contribution >= 0.6 is 0 Å². The minimum absolute atomic E-state index is 0.197. The second kappa shape index (κ2) is 7.42. The molecule has 1 fully saturated rings. The van der Waals surface area contributed by atoms with Crippen LogP contribution in [0.25, 0.3) is 0 Å². The number of rotatable bonds is 4. The molecule has 0 radical (unpaired) electrons. The molecule has 1 atom stereocenters. The molecule has 1 aromatic heterocycles. The lowest BCUT2D eigenvalue weighted by molar-refractivity contribution is -0.135. The van der Waals surface area contributed by atoms with Crippen molar-refractivity contribution in [1.29, 1.82) is 0 Å². The van der Waals surface area contributed by atoms with Crippen molar-refractivity contribution in [2.45, 2.75) is 25.6 Å². The van der Waals surface area contributed by atoms with Gasteiger partial charge in [0.25, 0.3) is 0 Å². The molecule has 0 aliphatic carbocycles. The maximum Gasteiger partial charge on any atom is 0.237 e. The van der Waals surface area contributed by atoms with Crippen LogP contribution in [0, 0.1) is 0 Å². The van der Waals surface area contributed by atoms with Crippen molar-refractivity contribution in [3.8, 4) is 0 Å². The van der Waals surface area contributed by atoms with Gasteiger partial charge in [-0.25, -0.2) is 0 Å². The van der Waals surface area contributed by atoms with Gasteiger partial charge in [0.2, 0.25) is 5.91 Å². The fraction of sp³-hybridized carbons (Fsp3) is 0.750. The van der Waals surface area contributed by atoms with Gasteiger partial charge in [-0.2, -0.15) is 5.10 Å². The van der Waals surface area contributed by atoms with Gasteiger partial charge in [0.1, 0.15) is 0 Å².